The van der Waals surface area contributed by atoms with Gasteiger partial charge in [-0.3, -0.25) is 10.1 Å². The van der Waals surface area contributed by atoms with Crippen LogP contribution >= 0.6 is 0 Å². The first-order chi connectivity index (χ1) is 10.8. The van der Waals surface area contributed by atoms with Crippen molar-refractivity contribution in [1.82, 2.24) is 9.61 Å². The molecule has 23 heavy (non-hydrogen) atoms. The molecule has 0 spiro atoms. The smallest absolute Gasteiger partial charge is 0.412 e. The van der Waals surface area contributed by atoms with Gasteiger partial charge in [0.05, 0.1) is 24.6 Å². The molecule has 0 aliphatic rings. The fourth-order valence-electron chi connectivity index (χ4n) is 2.16. The van der Waals surface area contributed by atoms with Gasteiger partial charge in [-0.15, -0.1) is 0 Å². The van der Waals surface area contributed by atoms with Gasteiger partial charge in [0.25, 0.3) is 0 Å². The predicted molar refractivity (Wildman–Crippen MR) is 86.2 cm³/mol. The average Bonchev–Trinajstić information content (AvgIpc) is 2.88. The highest BCUT2D eigenvalue weighted by Gasteiger charge is 2.21. The van der Waals surface area contributed by atoms with Crippen LogP contribution in [-0.4, -0.2) is 34.2 Å². The van der Waals surface area contributed by atoms with Gasteiger partial charge in [-0.25, -0.2) is 9.31 Å². The number of pyridine rings is 1. The molecule has 0 saturated heterocycles. The van der Waals surface area contributed by atoms with Crippen molar-refractivity contribution >= 4 is 23.1 Å². The van der Waals surface area contributed by atoms with Crippen LogP contribution in [0.4, 0.5) is 10.5 Å². The Morgan fingerprint density at radius 2 is 2.04 bits per heavy atom. The van der Waals surface area contributed by atoms with E-state index in [1.807, 2.05) is 0 Å². The summed E-state index contributed by atoms with van der Waals surface area (Å²) in [6, 6.07) is 1.64. The van der Waals surface area contributed by atoms with Crippen LogP contribution in [0, 0.1) is 0 Å². The first-order valence-corrected chi connectivity index (χ1v) is 7.34. The third-order valence-corrected chi connectivity index (χ3v) is 3.10. The van der Waals surface area contributed by atoms with Gasteiger partial charge >= 0.3 is 6.09 Å². The molecule has 0 bridgehead atoms. The molecule has 0 aliphatic carbocycles. The lowest BCUT2D eigenvalue weighted by atomic mass is 10.1. The Labute approximate surface area is 134 Å². The summed E-state index contributed by atoms with van der Waals surface area (Å²) in [5, 5.41) is 6.79. The lowest BCUT2D eigenvalue weighted by Crippen LogP contribution is -2.27. The summed E-state index contributed by atoms with van der Waals surface area (Å²) < 4.78 is 12.2. The third kappa shape index (κ3) is 3.61. The van der Waals surface area contributed by atoms with Crippen molar-refractivity contribution in [3.05, 3.63) is 24.0 Å². The predicted octanol–water partition coefficient (Wildman–Crippen LogP) is 3.28. The van der Waals surface area contributed by atoms with E-state index in [0.29, 0.717) is 28.9 Å². The number of Topliss-reactive ketones (excluding diaryl/α,β-unsaturated/α-hetero) is 1. The topological polar surface area (TPSA) is 81.9 Å². The van der Waals surface area contributed by atoms with Gasteiger partial charge in [0.15, 0.2) is 11.5 Å². The van der Waals surface area contributed by atoms with Crippen molar-refractivity contribution in [2.45, 2.75) is 39.7 Å². The molecule has 1 amide bonds. The number of carbonyl (C=O) groups is 2. The van der Waals surface area contributed by atoms with Crippen LogP contribution in [0.3, 0.4) is 0 Å². The van der Waals surface area contributed by atoms with Gasteiger partial charge < -0.3 is 9.47 Å². The lowest BCUT2D eigenvalue weighted by molar-refractivity contribution is 0.0635. The zero-order chi connectivity index (χ0) is 17.2. The number of anilines is 1. The van der Waals surface area contributed by atoms with E-state index in [-0.39, 0.29) is 5.78 Å². The van der Waals surface area contributed by atoms with Crippen LogP contribution in [-0.2, 0) is 4.74 Å². The first-order valence-electron chi connectivity index (χ1n) is 7.34. The number of fused-ring (bicyclic) bond motifs is 1. The Morgan fingerprint density at radius 3 is 2.61 bits per heavy atom. The van der Waals surface area contributed by atoms with Crippen LogP contribution in [0.2, 0.25) is 0 Å². The van der Waals surface area contributed by atoms with Crippen molar-refractivity contribution in [1.29, 1.82) is 0 Å². The van der Waals surface area contributed by atoms with E-state index in [9.17, 15) is 9.59 Å². The normalized spacial score (nSPS) is 11.3. The number of rotatable bonds is 4. The van der Waals surface area contributed by atoms with Crippen LogP contribution < -0.4 is 10.1 Å². The van der Waals surface area contributed by atoms with Gasteiger partial charge in [0.2, 0.25) is 0 Å². The summed E-state index contributed by atoms with van der Waals surface area (Å²) in [5.74, 6) is 0.320. The molecule has 2 heterocycles. The van der Waals surface area contributed by atoms with Gasteiger partial charge in [0.1, 0.15) is 11.1 Å². The molecule has 0 aromatic carbocycles. The minimum absolute atomic E-state index is 0.0484. The van der Waals surface area contributed by atoms with E-state index in [4.69, 9.17) is 9.47 Å². The quantitative estimate of drug-likeness (QED) is 0.875. The van der Waals surface area contributed by atoms with E-state index < -0.39 is 11.7 Å². The molecule has 0 atom stereocenters. The largest absolute Gasteiger partial charge is 0.492 e. The second kappa shape index (κ2) is 6.28. The summed E-state index contributed by atoms with van der Waals surface area (Å²) in [6.07, 6.45) is 2.91. The summed E-state index contributed by atoms with van der Waals surface area (Å²) in [4.78, 5) is 24.0. The monoisotopic (exact) mass is 319 g/mol. The SMILES string of the molecule is CCC(=O)c1cnn2ccc(NC(=O)OC(C)(C)C)c(OC)c12. The zero-order valence-corrected chi connectivity index (χ0v) is 14.0. The molecule has 0 fully saturated rings. The molecule has 2 aromatic rings. The molecule has 7 nitrogen and oxygen atoms in total. The van der Waals surface area contributed by atoms with E-state index in [0.717, 1.165) is 0 Å². The van der Waals surface area contributed by atoms with Crippen molar-refractivity contribution in [3.63, 3.8) is 0 Å². The number of ether oxygens (including phenoxy) is 2. The van der Waals surface area contributed by atoms with Crippen LogP contribution in [0.15, 0.2) is 18.5 Å². The van der Waals surface area contributed by atoms with Crippen molar-refractivity contribution < 1.29 is 19.1 Å². The van der Waals surface area contributed by atoms with Gasteiger partial charge in [-0.2, -0.15) is 5.10 Å². The van der Waals surface area contributed by atoms with Crippen molar-refractivity contribution in [3.8, 4) is 5.75 Å². The second-order valence-corrected chi connectivity index (χ2v) is 6.02. The number of nitrogens with one attached hydrogen (secondary N) is 1. The van der Waals surface area contributed by atoms with E-state index in [1.165, 1.54) is 13.3 Å². The Bertz CT molecular complexity index is 744. The molecule has 0 unspecified atom stereocenters. The first kappa shape index (κ1) is 16.8. The number of hydrogen-bond donors (Lipinski definition) is 1. The molecule has 1 N–H and O–H groups in total. The number of nitrogens with zero attached hydrogens (tertiary/aromatic N) is 2. The van der Waals surface area contributed by atoms with Gasteiger partial charge in [-0.1, -0.05) is 6.92 Å². The minimum Gasteiger partial charge on any atom is -0.492 e. The summed E-state index contributed by atoms with van der Waals surface area (Å²) >= 11 is 0. The number of aromatic nitrogens is 2. The average molecular weight is 319 g/mol. The van der Waals surface area contributed by atoms with E-state index in [2.05, 4.69) is 10.4 Å². The number of amides is 1. The molecule has 7 heteroatoms. The summed E-state index contributed by atoms with van der Waals surface area (Å²) in [7, 11) is 1.48. The fourth-order valence-corrected chi connectivity index (χ4v) is 2.16. The van der Waals surface area contributed by atoms with Crippen LogP contribution in [0.25, 0.3) is 5.52 Å². The van der Waals surface area contributed by atoms with Crippen LogP contribution in [0.5, 0.6) is 5.75 Å². The summed E-state index contributed by atoms with van der Waals surface area (Å²) in [5.41, 5.74) is 0.784. The second-order valence-electron chi connectivity index (χ2n) is 6.02. The molecule has 124 valence electrons. The standard InChI is InChI=1S/C16H21N3O4/c1-6-12(20)10-9-17-19-8-7-11(14(22-5)13(10)19)18-15(21)23-16(2,3)4/h7-9H,6H2,1-5H3,(H,18,21). The third-order valence-electron chi connectivity index (χ3n) is 3.10. The Morgan fingerprint density at radius 1 is 1.35 bits per heavy atom. The summed E-state index contributed by atoms with van der Waals surface area (Å²) in [6.45, 7) is 7.12. The highest BCUT2D eigenvalue weighted by molar-refractivity contribution is 6.05. The Hall–Kier alpha value is -2.57. The van der Waals surface area contributed by atoms with Crippen molar-refractivity contribution in [2.24, 2.45) is 0 Å². The zero-order valence-electron chi connectivity index (χ0n) is 14.0. The molecular weight excluding hydrogens is 298 g/mol. The minimum atomic E-state index is -0.610. The number of hydrogen-bond acceptors (Lipinski definition) is 5. The lowest BCUT2D eigenvalue weighted by Gasteiger charge is -2.20. The van der Waals surface area contributed by atoms with Gasteiger partial charge in [-0.05, 0) is 26.8 Å². The maximum Gasteiger partial charge on any atom is 0.412 e. The van der Waals surface area contributed by atoms with E-state index >= 15 is 0 Å². The van der Waals surface area contributed by atoms with E-state index in [1.54, 1.807) is 44.5 Å². The van der Waals surface area contributed by atoms with Crippen LogP contribution in [0.1, 0.15) is 44.5 Å². The van der Waals surface area contributed by atoms with Crippen molar-refractivity contribution in [2.75, 3.05) is 12.4 Å². The Balaban J connectivity index is 2.45. The fraction of sp³-hybridized carbons (Fsp3) is 0.438. The maximum atomic E-state index is 12.1. The molecule has 0 radical (unpaired) electrons. The molecule has 2 rings (SSSR count). The molecule has 0 aliphatic heterocycles. The molecule has 2 aromatic heterocycles. The number of carbonyl (C=O) groups excluding carboxylic acids is 2. The number of methoxy groups -OCH3 is 1. The molecule has 0 saturated carbocycles. The maximum absolute atomic E-state index is 12.1. The number of ketones is 1. The highest BCUT2D eigenvalue weighted by Crippen LogP contribution is 2.32. The highest BCUT2D eigenvalue weighted by atomic mass is 16.6. The molecular formula is C16H21N3O4. The Kier molecular flexibility index (Phi) is 4.58. The van der Waals surface area contributed by atoms with Gasteiger partial charge in [0, 0.05) is 12.6 Å².